The SMILES string of the molecule is NCCNC1CCC(CC(=O)N[C@H]2Cc3ccccc3OB2O)CC1. The van der Waals surface area contributed by atoms with Gasteiger partial charge in [-0.1, -0.05) is 18.2 Å². The second kappa shape index (κ2) is 8.69. The predicted octanol–water partition coefficient (Wildman–Crippen LogP) is 0.623. The smallest absolute Gasteiger partial charge is 0.535 e. The minimum absolute atomic E-state index is 0.00500. The van der Waals surface area contributed by atoms with Gasteiger partial charge in [-0.05, 0) is 49.7 Å². The molecule has 1 fully saturated rings. The Balaban J connectivity index is 1.44. The van der Waals surface area contributed by atoms with Crippen LogP contribution in [-0.2, 0) is 11.2 Å². The van der Waals surface area contributed by atoms with Gasteiger partial charge in [0, 0.05) is 25.6 Å². The molecule has 6 nitrogen and oxygen atoms in total. The first-order valence-electron chi connectivity index (χ1n) is 9.31. The number of para-hydroxylation sites is 1. The molecule has 136 valence electrons. The zero-order valence-corrected chi connectivity index (χ0v) is 14.6. The molecule has 1 aliphatic heterocycles. The average molecular weight is 345 g/mol. The highest BCUT2D eigenvalue weighted by atomic mass is 16.5. The maximum absolute atomic E-state index is 12.4. The molecule has 1 amide bonds. The van der Waals surface area contributed by atoms with Gasteiger partial charge in [-0.25, -0.2) is 0 Å². The van der Waals surface area contributed by atoms with Crippen molar-refractivity contribution >= 4 is 13.0 Å². The van der Waals surface area contributed by atoms with E-state index in [0.717, 1.165) is 37.8 Å². The molecular formula is C18H28BN3O3. The van der Waals surface area contributed by atoms with Crippen molar-refractivity contribution in [1.29, 1.82) is 0 Å². The first-order valence-corrected chi connectivity index (χ1v) is 9.31. The zero-order valence-electron chi connectivity index (χ0n) is 14.6. The summed E-state index contributed by atoms with van der Waals surface area (Å²) in [6.07, 6.45) is 5.43. The highest BCUT2D eigenvalue weighted by Gasteiger charge is 2.36. The monoisotopic (exact) mass is 345 g/mol. The van der Waals surface area contributed by atoms with Crippen LogP contribution in [0.1, 0.15) is 37.7 Å². The second-order valence-corrected chi connectivity index (χ2v) is 7.16. The summed E-state index contributed by atoms with van der Waals surface area (Å²) in [6.45, 7) is 1.52. The summed E-state index contributed by atoms with van der Waals surface area (Å²) in [4.78, 5) is 12.4. The largest absolute Gasteiger partial charge is 0.547 e. The summed E-state index contributed by atoms with van der Waals surface area (Å²) in [7, 11) is -0.991. The number of amides is 1. The lowest BCUT2D eigenvalue weighted by atomic mass is 9.72. The van der Waals surface area contributed by atoms with Crippen molar-refractivity contribution in [2.24, 2.45) is 11.7 Å². The summed E-state index contributed by atoms with van der Waals surface area (Å²) >= 11 is 0. The molecule has 1 atom stereocenters. The van der Waals surface area contributed by atoms with E-state index in [-0.39, 0.29) is 11.8 Å². The Bertz CT molecular complexity index is 578. The summed E-state index contributed by atoms with van der Waals surface area (Å²) in [5, 5.41) is 16.5. The Morgan fingerprint density at radius 2 is 2.04 bits per heavy atom. The van der Waals surface area contributed by atoms with E-state index in [2.05, 4.69) is 10.6 Å². The molecular weight excluding hydrogens is 317 g/mol. The molecule has 5 N–H and O–H groups in total. The number of rotatable bonds is 6. The zero-order chi connectivity index (χ0) is 17.6. The molecule has 0 radical (unpaired) electrons. The van der Waals surface area contributed by atoms with Gasteiger partial charge in [-0.2, -0.15) is 0 Å². The number of benzene rings is 1. The van der Waals surface area contributed by atoms with Crippen LogP contribution in [0.2, 0.25) is 0 Å². The summed E-state index contributed by atoms with van der Waals surface area (Å²) in [5.74, 6) is 0.740. The van der Waals surface area contributed by atoms with Crippen LogP contribution in [0, 0.1) is 5.92 Å². The number of carbonyl (C=O) groups excluding carboxylic acids is 1. The molecule has 25 heavy (non-hydrogen) atoms. The molecule has 1 aromatic rings. The van der Waals surface area contributed by atoms with E-state index >= 15 is 0 Å². The summed E-state index contributed by atoms with van der Waals surface area (Å²) in [6, 6.07) is 8.16. The molecule has 0 bridgehead atoms. The topological polar surface area (TPSA) is 96.6 Å². The van der Waals surface area contributed by atoms with Crippen molar-refractivity contribution in [3.63, 3.8) is 0 Å². The van der Waals surface area contributed by atoms with E-state index in [9.17, 15) is 9.82 Å². The number of hydrogen-bond acceptors (Lipinski definition) is 5. The van der Waals surface area contributed by atoms with Gasteiger partial charge in [0.15, 0.2) is 0 Å². The third-order valence-electron chi connectivity index (χ3n) is 5.25. The van der Waals surface area contributed by atoms with Crippen molar-refractivity contribution < 1.29 is 14.5 Å². The quantitative estimate of drug-likeness (QED) is 0.567. The third kappa shape index (κ3) is 4.97. The minimum atomic E-state index is -0.991. The number of carbonyl (C=O) groups is 1. The van der Waals surface area contributed by atoms with Crippen LogP contribution < -0.4 is 21.0 Å². The molecule has 0 unspecified atom stereocenters. The normalized spacial score (nSPS) is 25.8. The van der Waals surface area contributed by atoms with E-state index in [1.165, 1.54) is 0 Å². The number of fused-ring (bicyclic) bond motifs is 1. The van der Waals surface area contributed by atoms with E-state index in [1.807, 2.05) is 24.3 Å². The summed E-state index contributed by atoms with van der Waals surface area (Å²) in [5.41, 5.74) is 6.54. The maximum Gasteiger partial charge on any atom is 0.547 e. The Hall–Kier alpha value is -1.57. The average Bonchev–Trinajstić information content (AvgIpc) is 2.62. The molecule has 0 aromatic heterocycles. The van der Waals surface area contributed by atoms with Crippen molar-refractivity contribution in [2.45, 2.75) is 50.5 Å². The Morgan fingerprint density at radius 1 is 1.28 bits per heavy atom. The predicted molar refractivity (Wildman–Crippen MR) is 98.1 cm³/mol. The second-order valence-electron chi connectivity index (χ2n) is 7.16. The van der Waals surface area contributed by atoms with E-state index in [4.69, 9.17) is 10.4 Å². The molecule has 0 spiro atoms. The van der Waals surface area contributed by atoms with Crippen LogP contribution in [0.25, 0.3) is 0 Å². The van der Waals surface area contributed by atoms with Crippen molar-refractivity contribution in [3.05, 3.63) is 29.8 Å². The molecule has 1 saturated carbocycles. The molecule has 0 saturated heterocycles. The molecule has 3 rings (SSSR count). The van der Waals surface area contributed by atoms with Gasteiger partial charge in [-0.15, -0.1) is 0 Å². The van der Waals surface area contributed by atoms with Crippen molar-refractivity contribution in [1.82, 2.24) is 10.6 Å². The van der Waals surface area contributed by atoms with Gasteiger partial charge >= 0.3 is 7.12 Å². The molecule has 7 heteroatoms. The lowest BCUT2D eigenvalue weighted by Gasteiger charge is -2.30. The fourth-order valence-corrected chi connectivity index (χ4v) is 3.85. The standard InChI is InChI=1S/C18H28BN3O3/c20-9-10-21-15-7-5-13(6-8-15)11-18(23)22-17-12-14-3-1-2-4-16(14)25-19(17)24/h1-4,13,15,17,21,24H,5-12,20H2,(H,22,23)/t13?,15?,17-/m0/s1. The van der Waals surface area contributed by atoms with Gasteiger partial charge < -0.3 is 26.0 Å². The van der Waals surface area contributed by atoms with Crippen LogP contribution in [0.15, 0.2) is 24.3 Å². The van der Waals surface area contributed by atoms with Crippen LogP contribution in [0.5, 0.6) is 5.75 Å². The van der Waals surface area contributed by atoms with Gasteiger partial charge in [0.05, 0.1) is 5.94 Å². The van der Waals surface area contributed by atoms with Crippen LogP contribution in [-0.4, -0.2) is 43.1 Å². The van der Waals surface area contributed by atoms with Gasteiger partial charge in [-0.3, -0.25) is 4.79 Å². The van der Waals surface area contributed by atoms with Gasteiger partial charge in [0.2, 0.25) is 5.91 Å². The Kier molecular flexibility index (Phi) is 6.34. The fraction of sp³-hybridized carbons (Fsp3) is 0.611. The van der Waals surface area contributed by atoms with Gasteiger partial charge in [0.25, 0.3) is 0 Å². The Labute approximate surface area is 149 Å². The van der Waals surface area contributed by atoms with E-state index in [1.54, 1.807) is 0 Å². The lowest BCUT2D eigenvalue weighted by Crippen LogP contribution is -2.53. The van der Waals surface area contributed by atoms with Crippen molar-refractivity contribution in [2.75, 3.05) is 13.1 Å². The third-order valence-corrected chi connectivity index (χ3v) is 5.25. The first kappa shape index (κ1) is 18.2. The number of hydrogen-bond donors (Lipinski definition) is 4. The van der Waals surface area contributed by atoms with Crippen molar-refractivity contribution in [3.8, 4) is 5.75 Å². The maximum atomic E-state index is 12.4. The first-order chi connectivity index (χ1) is 12.2. The van der Waals surface area contributed by atoms with Crippen LogP contribution >= 0.6 is 0 Å². The minimum Gasteiger partial charge on any atom is -0.535 e. The molecule has 2 aliphatic rings. The van der Waals surface area contributed by atoms with Crippen LogP contribution in [0.3, 0.4) is 0 Å². The lowest BCUT2D eigenvalue weighted by molar-refractivity contribution is -0.122. The highest BCUT2D eigenvalue weighted by molar-refractivity contribution is 6.46. The highest BCUT2D eigenvalue weighted by Crippen LogP contribution is 2.28. The van der Waals surface area contributed by atoms with E-state index < -0.39 is 7.12 Å². The number of nitrogens with one attached hydrogen (secondary N) is 2. The Morgan fingerprint density at radius 3 is 2.80 bits per heavy atom. The molecule has 1 aliphatic carbocycles. The van der Waals surface area contributed by atoms with E-state index in [0.29, 0.717) is 37.1 Å². The molecule has 1 heterocycles. The fourth-order valence-electron chi connectivity index (χ4n) is 3.85. The number of nitrogens with two attached hydrogens (primary N) is 1. The van der Waals surface area contributed by atoms with Gasteiger partial charge in [0.1, 0.15) is 5.75 Å². The summed E-state index contributed by atoms with van der Waals surface area (Å²) < 4.78 is 5.51. The molecule has 1 aromatic carbocycles. The van der Waals surface area contributed by atoms with Crippen LogP contribution in [0.4, 0.5) is 0 Å².